The van der Waals surface area contributed by atoms with E-state index in [-0.39, 0.29) is 17.8 Å². The van der Waals surface area contributed by atoms with Crippen molar-refractivity contribution < 1.29 is 28.3 Å². The van der Waals surface area contributed by atoms with E-state index in [1.165, 1.54) is 44.6 Å². The van der Waals surface area contributed by atoms with Crippen LogP contribution in [0.1, 0.15) is 108 Å². The highest BCUT2D eigenvalue weighted by atomic mass is 19.1. The lowest BCUT2D eigenvalue weighted by Gasteiger charge is -2.32. The maximum atomic E-state index is 13.9. The largest absolute Gasteiger partial charge is 0.386 e. The summed E-state index contributed by atoms with van der Waals surface area (Å²) in [5, 5.41) is 12.5. The molecule has 2 aromatic rings. The molecule has 1 spiro atoms. The first-order valence-electron chi connectivity index (χ1n) is 19.2. The van der Waals surface area contributed by atoms with Gasteiger partial charge in [-0.05, 0) is 108 Å². The Balaban J connectivity index is 0.000000252. The number of aryl methyl sites for hydroxylation is 1. The summed E-state index contributed by atoms with van der Waals surface area (Å²) in [7, 11) is 5.67. The lowest BCUT2D eigenvalue weighted by molar-refractivity contribution is -0.124. The van der Waals surface area contributed by atoms with Crippen molar-refractivity contribution in [3.8, 4) is 0 Å². The number of nitrogens with one attached hydrogen (secondary N) is 3. The van der Waals surface area contributed by atoms with Crippen LogP contribution in [0.15, 0.2) is 30.5 Å². The monoisotopic (exact) mass is 729 g/mol. The molecule has 1 aromatic carbocycles. The molecule has 2 heterocycles. The molecule has 4 atom stereocenters. The molecule has 1 aromatic heterocycles. The number of rotatable bonds is 11. The van der Waals surface area contributed by atoms with Gasteiger partial charge in [-0.2, -0.15) is 5.10 Å². The van der Waals surface area contributed by atoms with Crippen LogP contribution in [-0.2, 0) is 31.1 Å². The first-order chi connectivity index (χ1) is 25.0. The Morgan fingerprint density at radius 1 is 1.08 bits per heavy atom. The molecular formula is C40H65FN6O5. The summed E-state index contributed by atoms with van der Waals surface area (Å²) in [5.74, 6) is 0.0992. The first-order valence-corrected chi connectivity index (χ1v) is 19.2. The lowest BCUT2D eigenvalue weighted by atomic mass is 9.76. The molecule has 3 N–H and O–H groups in total. The fourth-order valence-electron chi connectivity index (χ4n) is 7.07. The van der Waals surface area contributed by atoms with Gasteiger partial charge in [0.1, 0.15) is 24.1 Å². The zero-order valence-corrected chi connectivity index (χ0v) is 32.9. The Morgan fingerprint density at radius 3 is 2.23 bits per heavy atom. The summed E-state index contributed by atoms with van der Waals surface area (Å²) in [6.07, 6.45) is 14.7. The number of benzene rings is 1. The van der Waals surface area contributed by atoms with Gasteiger partial charge in [0.15, 0.2) is 6.29 Å². The number of aldehydes is 3. The molecule has 6 rings (SSSR count). The van der Waals surface area contributed by atoms with Gasteiger partial charge in [0.05, 0.1) is 30.5 Å². The van der Waals surface area contributed by atoms with Crippen LogP contribution < -0.4 is 16.0 Å². The predicted molar refractivity (Wildman–Crippen MR) is 205 cm³/mol. The molecule has 0 bridgehead atoms. The first kappa shape index (κ1) is 44.7. The summed E-state index contributed by atoms with van der Waals surface area (Å²) in [6.45, 7) is 13.6. The molecule has 1 saturated heterocycles. The van der Waals surface area contributed by atoms with E-state index in [0.717, 1.165) is 63.5 Å². The minimum atomic E-state index is -0.588. The normalized spacial score (nSPS) is 21.6. The van der Waals surface area contributed by atoms with Crippen LogP contribution in [0, 0.1) is 17.2 Å². The molecular weight excluding hydrogens is 663 g/mol. The van der Waals surface area contributed by atoms with Crippen molar-refractivity contribution in [3.63, 3.8) is 0 Å². The van der Waals surface area contributed by atoms with Crippen molar-refractivity contribution in [3.05, 3.63) is 47.5 Å². The number of ether oxygens (including phenoxy) is 1. The highest BCUT2D eigenvalue weighted by Gasteiger charge is 2.51. The number of aromatic nitrogens is 2. The minimum absolute atomic E-state index is 0.109. The smallest absolute Gasteiger partial charge is 0.220 e. The molecule has 4 unspecified atom stereocenters. The third-order valence-electron chi connectivity index (χ3n) is 10.5. The molecule has 292 valence electrons. The molecule has 1 aliphatic heterocycles. The van der Waals surface area contributed by atoms with Crippen LogP contribution in [0.25, 0.3) is 0 Å². The summed E-state index contributed by atoms with van der Waals surface area (Å²) in [5.41, 5.74) is 2.06. The molecule has 1 amide bonds. The van der Waals surface area contributed by atoms with E-state index in [1.54, 1.807) is 37.0 Å². The second-order valence-electron chi connectivity index (χ2n) is 14.1. The number of morpholine rings is 1. The summed E-state index contributed by atoms with van der Waals surface area (Å²) >= 11 is 0. The van der Waals surface area contributed by atoms with Crippen molar-refractivity contribution in [1.29, 1.82) is 0 Å². The Labute approximate surface area is 311 Å². The molecule has 3 saturated carbocycles. The van der Waals surface area contributed by atoms with Gasteiger partial charge in [-0.15, -0.1) is 0 Å². The Morgan fingerprint density at radius 2 is 1.79 bits per heavy atom. The zero-order chi connectivity index (χ0) is 38.7. The summed E-state index contributed by atoms with van der Waals surface area (Å²) in [6, 6.07) is 6.14. The van der Waals surface area contributed by atoms with Crippen LogP contribution in [0.2, 0.25) is 0 Å². The topological polar surface area (TPSA) is 135 Å². The standard InChI is InChI=1S/C15H19FN2O2.C11H19NO.C6H8N2O.C6H13NO.C2H6/c1-3-14(20)18-13(9-19)15(6-7-15)10-4-5-12(17-2)11(16)8-10;1-12-10(8-13)9-3-2-4-11(7-9)5-6-11;1-2-8-6(5-9)3-4-7-8;1-6-5-7(2)3-4-8-6;1-2/h4-5,8-9,13,17H,3,6-7H2,1-2H3,(H,18,20);8-10,12H,2-7H2,1H3;3-5H,2H2,1H3;6H,3-5H2,1-2H3;1-2H3. The average Bonchev–Trinajstić information content (AvgIpc) is 4.08. The minimum Gasteiger partial charge on any atom is -0.386 e. The number of halogens is 1. The number of likely N-dealkylation sites (N-methyl/N-ethyl adjacent to an activating group) is 2. The highest BCUT2D eigenvalue weighted by Crippen LogP contribution is 2.58. The lowest BCUT2D eigenvalue weighted by Crippen LogP contribution is -2.44. The van der Waals surface area contributed by atoms with E-state index in [9.17, 15) is 23.6 Å². The number of carbonyl (C=O) groups excluding carboxylic acids is 4. The van der Waals surface area contributed by atoms with Crippen LogP contribution in [0.4, 0.5) is 10.1 Å². The SMILES string of the molecule is CC.CC1CN(C)CCO1.CCC(=O)NC(C=O)C1(c2ccc(NC)c(F)c2)CC1.CCn1nccc1C=O.CNC(C=O)C1CCCC2(CC2)C1. The van der Waals surface area contributed by atoms with Crippen LogP contribution >= 0.6 is 0 Å². The predicted octanol–water partition coefficient (Wildman–Crippen LogP) is 5.82. The Hall–Kier alpha value is -3.48. The highest BCUT2D eigenvalue weighted by molar-refractivity contribution is 5.80. The number of anilines is 1. The number of hydrogen-bond donors (Lipinski definition) is 3. The van der Waals surface area contributed by atoms with Gasteiger partial charge < -0.3 is 35.2 Å². The molecule has 0 radical (unpaired) electrons. The Kier molecular flexibility index (Phi) is 19.4. The average molecular weight is 729 g/mol. The number of carbonyl (C=O) groups is 4. The molecule has 3 aliphatic carbocycles. The molecule has 52 heavy (non-hydrogen) atoms. The second-order valence-corrected chi connectivity index (χ2v) is 14.1. The zero-order valence-electron chi connectivity index (χ0n) is 32.9. The fourth-order valence-corrected chi connectivity index (χ4v) is 7.07. The van der Waals surface area contributed by atoms with Crippen molar-refractivity contribution in [2.24, 2.45) is 11.3 Å². The van der Waals surface area contributed by atoms with Crippen molar-refractivity contribution in [1.82, 2.24) is 25.3 Å². The number of nitrogens with zero attached hydrogens (tertiary/aromatic N) is 3. The third-order valence-corrected chi connectivity index (χ3v) is 10.5. The van der Waals surface area contributed by atoms with Gasteiger partial charge in [-0.1, -0.05) is 33.3 Å². The van der Waals surface area contributed by atoms with Gasteiger partial charge in [-0.3, -0.25) is 14.3 Å². The second kappa shape index (κ2) is 22.6. The quantitative estimate of drug-likeness (QED) is 0.245. The van der Waals surface area contributed by atoms with Gasteiger partial charge in [0, 0.05) is 44.7 Å². The molecule has 4 aliphatic rings. The van der Waals surface area contributed by atoms with E-state index in [4.69, 9.17) is 4.74 Å². The molecule has 12 heteroatoms. The summed E-state index contributed by atoms with van der Waals surface area (Å²) in [4.78, 5) is 46.1. The van der Waals surface area contributed by atoms with Crippen molar-refractivity contribution >= 4 is 30.5 Å². The maximum absolute atomic E-state index is 13.9. The van der Waals surface area contributed by atoms with Crippen LogP contribution in [0.5, 0.6) is 0 Å². The third kappa shape index (κ3) is 13.2. The van der Waals surface area contributed by atoms with E-state index in [1.807, 2.05) is 33.9 Å². The van der Waals surface area contributed by atoms with E-state index < -0.39 is 11.5 Å². The van der Waals surface area contributed by atoms with Crippen molar-refractivity contribution in [2.45, 2.75) is 123 Å². The van der Waals surface area contributed by atoms with E-state index in [0.29, 0.717) is 35.2 Å². The van der Waals surface area contributed by atoms with Gasteiger partial charge in [0.25, 0.3) is 0 Å². The van der Waals surface area contributed by atoms with E-state index >= 15 is 0 Å². The van der Waals surface area contributed by atoms with Gasteiger partial charge in [-0.25, -0.2) is 4.39 Å². The maximum Gasteiger partial charge on any atom is 0.220 e. The molecule has 4 fully saturated rings. The fraction of sp³-hybridized carbons (Fsp3) is 0.675. The van der Waals surface area contributed by atoms with Crippen molar-refractivity contribution in [2.75, 3.05) is 46.2 Å². The molecule has 11 nitrogen and oxygen atoms in total. The van der Waals surface area contributed by atoms with E-state index in [2.05, 4.69) is 39.9 Å². The van der Waals surface area contributed by atoms with Crippen LogP contribution in [0.3, 0.4) is 0 Å². The summed E-state index contributed by atoms with van der Waals surface area (Å²) < 4.78 is 20.8. The Bertz CT molecular complexity index is 1370. The number of hydrogen-bond acceptors (Lipinski definition) is 9. The van der Waals surface area contributed by atoms with Crippen LogP contribution in [-0.4, -0.2) is 98.5 Å². The number of amides is 1. The van der Waals surface area contributed by atoms with Gasteiger partial charge in [0.2, 0.25) is 5.91 Å². The van der Waals surface area contributed by atoms with Gasteiger partial charge >= 0.3 is 0 Å².